The van der Waals surface area contributed by atoms with Crippen LogP contribution in [0.1, 0.15) is 24.8 Å². The summed E-state index contributed by atoms with van der Waals surface area (Å²) in [6.07, 6.45) is 1.96. The van der Waals surface area contributed by atoms with Gasteiger partial charge in [-0.05, 0) is 65.0 Å². The van der Waals surface area contributed by atoms with E-state index in [-0.39, 0.29) is 47.5 Å². The van der Waals surface area contributed by atoms with Crippen LogP contribution in [0.5, 0.6) is 11.5 Å². The molecule has 0 bridgehead atoms. The molecule has 10 heteroatoms. The van der Waals surface area contributed by atoms with Crippen molar-refractivity contribution in [3.05, 3.63) is 46.4 Å². The number of amides is 2. The van der Waals surface area contributed by atoms with Crippen molar-refractivity contribution in [3.63, 3.8) is 0 Å². The monoisotopic (exact) mass is 548 g/mol. The predicted octanol–water partition coefficient (Wildman–Crippen LogP) is 2.87. The molecular weight excluding hydrogens is 524 g/mol. The van der Waals surface area contributed by atoms with E-state index < -0.39 is 9.84 Å². The maximum Gasteiger partial charge on any atom is 0.230 e. The first-order valence-corrected chi connectivity index (χ1v) is 13.8. The smallest absolute Gasteiger partial charge is 0.230 e. The average Bonchev–Trinajstić information content (AvgIpc) is 3.60. The fourth-order valence-electron chi connectivity index (χ4n) is 4.22. The number of nitrogens with zero attached hydrogens (tertiary/aromatic N) is 1. The Hall–Kier alpha value is -2.59. The van der Waals surface area contributed by atoms with E-state index in [4.69, 9.17) is 9.47 Å². The number of hydrogen-bond acceptors (Lipinski definition) is 6. The first kappa shape index (κ1) is 23.2. The minimum Gasteiger partial charge on any atom is -0.486 e. The molecule has 180 valence electrons. The van der Waals surface area contributed by atoms with Gasteiger partial charge in [0.25, 0.3) is 0 Å². The lowest BCUT2D eigenvalue weighted by Gasteiger charge is -2.26. The lowest BCUT2D eigenvalue weighted by molar-refractivity contribution is -0.121. The fourth-order valence-corrected chi connectivity index (χ4v) is 6.67. The highest BCUT2D eigenvalue weighted by molar-refractivity contribution is 9.10. The molecule has 8 nitrogen and oxygen atoms in total. The minimum atomic E-state index is -3.75. The maximum atomic E-state index is 13.1. The summed E-state index contributed by atoms with van der Waals surface area (Å²) in [5.74, 6) is 0.691. The second-order valence-corrected chi connectivity index (χ2v) is 11.7. The molecule has 0 radical (unpaired) electrons. The van der Waals surface area contributed by atoms with Crippen molar-refractivity contribution in [3.8, 4) is 11.5 Å². The predicted molar refractivity (Wildman–Crippen MR) is 129 cm³/mol. The van der Waals surface area contributed by atoms with Gasteiger partial charge in [0.15, 0.2) is 21.3 Å². The highest BCUT2D eigenvalue weighted by Crippen LogP contribution is 2.39. The number of carbonyl (C=O) groups is 2. The molecule has 0 aromatic heterocycles. The SMILES string of the molecule is O=C(CCS(=O)(=O)c1cc2c(cc1Br)CCN2C(=O)C1CC1)NC[C@@H]1COc2ccccc2O1. The average molecular weight is 549 g/mol. The topological polar surface area (TPSA) is 102 Å². The van der Waals surface area contributed by atoms with E-state index in [9.17, 15) is 18.0 Å². The van der Waals surface area contributed by atoms with Crippen LogP contribution < -0.4 is 19.7 Å². The van der Waals surface area contributed by atoms with Gasteiger partial charge in [-0.2, -0.15) is 0 Å². The number of fused-ring (bicyclic) bond motifs is 2. The van der Waals surface area contributed by atoms with Crippen LogP contribution >= 0.6 is 15.9 Å². The summed E-state index contributed by atoms with van der Waals surface area (Å²) >= 11 is 3.37. The molecule has 0 unspecified atom stereocenters. The van der Waals surface area contributed by atoms with Crippen molar-refractivity contribution in [1.29, 1.82) is 0 Å². The standard InChI is InChI=1S/C24H25BrN2O6S/c25-18-11-16-7-9-27(24(29)15-5-6-15)19(16)12-22(18)34(30,31)10-8-23(28)26-13-17-14-32-20-3-1-2-4-21(20)33-17/h1-4,11-12,15,17H,5-10,13-14H2,(H,26,28)/t17-/m1/s1. The van der Waals surface area contributed by atoms with Crippen LogP contribution in [0.4, 0.5) is 5.69 Å². The molecule has 2 heterocycles. The normalized spacial score (nSPS) is 19.0. The number of halogens is 1. The molecule has 1 fully saturated rings. The molecule has 2 aromatic carbocycles. The van der Waals surface area contributed by atoms with Gasteiger partial charge in [0, 0.05) is 29.0 Å². The van der Waals surface area contributed by atoms with Gasteiger partial charge in [-0.25, -0.2) is 8.42 Å². The summed E-state index contributed by atoms with van der Waals surface area (Å²) in [7, 11) is -3.75. The molecule has 0 spiro atoms. The minimum absolute atomic E-state index is 0.0605. The first-order chi connectivity index (χ1) is 16.3. The van der Waals surface area contributed by atoms with Crippen LogP contribution in [0.2, 0.25) is 0 Å². The van der Waals surface area contributed by atoms with E-state index in [2.05, 4.69) is 21.2 Å². The van der Waals surface area contributed by atoms with Gasteiger partial charge < -0.3 is 19.7 Å². The Morgan fingerprint density at radius 3 is 2.68 bits per heavy atom. The third-order valence-electron chi connectivity index (χ3n) is 6.25. The number of carbonyl (C=O) groups excluding carboxylic acids is 2. The van der Waals surface area contributed by atoms with E-state index >= 15 is 0 Å². The number of rotatable bonds is 7. The molecule has 1 N–H and O–H groups in total. The quantitative estimate of drug-likeness (QED) is 0.570. The van der Waals surface area contributed by atoms with Gasteiger partial charge >= 0.3 is 0 Å². The number of nitrogens with one attached hydrogen (secondary N) is 1. The maximum absolute atomic E-state index is 13.1. The molecule has 34 heavy (non-hydrogen) atoms. The number of benzene rings is 2. The molecule has 0 saturated heterocycles. The number of para-hydroxylation sites is 2. The van der Waals surface area contributed by atoms with Crippen molar-refractivity contribution in [2.45, 2.75) is 36.7 Å². The van der Waals surface area contributed by atoms with Crippen LogP contribution in [0.25, 0.3) is 0 Å². The third-order valence-corrected chi connectivity index (χ3v) is 8.92. The summed E-state index contributed by atoms with van der Waals surface area (Å²) in [6.45, 7) is 1.09. The molecule has 1 saturated carbocycles. The Labute approximate surface area is 206 Å². The van der Waals surface area contributed by atoms with Gasteiger partial charge in [0.1, 0.15) is 12.7 Å². The van der Waals surface area contributed by atoms with Gasteiger partial charge in [0.2, 0.25) is 11.8 Å². The van der Waals surface area contributed by atoms with Gasteiger partial charge in [-0.3, -0.25) is 9.59 Å². The lowest BCUT2D eigenvalue weighted by atomic mass is 10.2. The summed E-state index contributed by atoms with van der Waals surface area (Å²) in [6, 6.07) is 10.7. The van der Waals surface area contributed by atoms with Crippen molar-refractivity contribution in [1.82, 2.24) is 5.32 Å². The summed E-state index contributed by atoms with van der Waals surface area (Å²) < 4.78 is 38.0. The second kappa shape index (κ2) is 9.22. The van der Waals surface area contributed by atoms with Gasteiger partial charge in [-0.1, -0.05) is 12.1 Å². The van der Waals surface area contributed by atoms with Gasteiger partial charge in [-0.15, -0.1) is 0 Å². The summed E-state index contributed by atoms with van der Waals surface area (Å²) in [4.78, 5) is 26.8. The Bertz CT molecular complexity index is 1240. The van der Waals surface area contributed by atoms with E-state index in [0.717, 1.165) is 18.4 Å². The molecule has 2 amide bonds. The van der Waals surface area contributed by atoms with Crippen molar-refractivity contribution < 1.29 is 27.5 Å². The largest absolute Gasteiger partial charge is 0.486 e. The van der Waals surface area contributed by atoms with Crippen LogP contribution in [-0.4, -0.2) is 51.8 Å². The van der Waals surface area contributed by atoms with Crippen LogP contribution in [0.3, 0.4) is 0 Å². The second-order valence-electron chi connectivity index (χ2n) is 8.80. The molecule has 3 aliphatic rings. The Morgan fingerprint density at radius 1 is 1.15 bits per heavy atom. The lowest BCUT2D eigenvalue weighted by Crippen LogP contribution is -2.41. The number of anilines is 1. The molecule has 1 atom stereocenters. The first-order valence-electron chi connectivity index (χ1n) is 11.3. The van der Waals surface area contributed by atoms with Gasteiger partial charge in [0.05, 0.1) is 17.2 Å². The van der Waals surface area contributed by atoms with Crippen molar-refractivity contribution in [2.24, 2.45) is 5.92 Å². The number of ether oxygens (including phenoxy) is 2. The molecule has 1 aliphatic carbocycles. The number of hydrogen-bond donors (Lipinski definition) is 1. The van der Waals surface area contributed by atoms with E-state index in [1.165, 1.54) is 0 Å². The van der Waals surface area contributed by atoms with Crippen LogP contribution in [0.15, 0.2) is 45.8 Å². The highest BCUT2D eigenvalue weighted by Gasteiger charge is 2.37. The fraction of sp³-hybridized carbons (Fsp3) is 0.417. The Morgan fingerprint density at radius 2 is 1.91 bits per heavy atom. The highest BCUT2D eigenvalue weighted by atomic mass is 79.9. The molecule has 2 aromatic rings. The molecule has 5 rings (SSSR count). The van der Waals surface area contributed by atoms with E-state index in [1.54, 1.807) is 23.1 Å². The van der Waals surface area contributed by atoms with E-state index in [0.29, 0.717) is 41.2 Å². The van der Waals surface area contributed by atoms with Crippen molar-refractivity contribution >= 4 is 43.3 Å². The summed E-state index contributed by atoms with van der Waals surface area (Å²) in [5, 5.41) is 2.73. The zero-order valence-electron chi connectivity index (χ0n) is 18.5. The number of sulfone groups is 1. The third kappa shape index (κ3) is 4.79. The molecule has 2 aliphatic heterocycles. The Balaban J connectivity index is 1.19. The molecular formula is C24H25BrN2O6S. The van der Waals surface area contributed by atoms with Crippen LogP contribution in [0, 0.1) is 5.92 Å². The van der Waals surface area contributed by atoms with Crippen LogP contribution in [-0.2, 0) is 25.8 Å². The zero-order valence-corrected chi connectivity index (χ0v) is 20.9. The summed E-state index contributed by atoms with van der Waals surface area (Å²) in [5.41, 5.74) is 1.62. The van der Waals surface area contributed by atoms with Crippen molar-refractivity contribution in [2.75, 3.05) is 30.3 Å². The zero-order chi connectivity index (χ0) is 23.9. The van der Waals surface area contributed by atoms with E-state index in [1.807, 2.05) is 18.2 Å². The Kier molecular flexibility index (Phi) is 6.28.